The van der Waals surface area contributed by atoms with Crippen molar-refractivity contribution >= 4 is 0 Å². The molecule has 0 aliphatic rings. The molecule has 0 aliphatic carbocycles. The molecule has 0 heterocycles. The summed E-state index contributed by atoms with van der Waals surface area (Å²) in [7, 11) is 0. The summed E-state index contributed by atoms with van der Waals surface area (Å²) in [6.07, 6.45) is 94.0. The zero-order valence-electron chi connectivity index (χ0n) is 53.2. The number of hydrogen-bond acceptors (Lipinski definition) is 1. The summed E-state index contributed by atoms with van der Waals surface area (Å²) in [6.45, 7) is 15.7. The minimum Gasteiger partial charge on any atom is -1.00 e. The molecule has 0 aromatic carbocycles. The maximum Gasteiger partial charge on any atom is -0.00187 e. The van der Waals surface area contributed by atoms with Crippen LogP contribution in [-0.4, -0.2) is 24.5 Å². The second-order valence-corrected chi connectivity index (χ2v) is 24.7. The van der Waals surface area contributed by atoms with E-state index >= 15 is 0 Å². The van der Waals surface area contributed by atoms with Crippen LogP contribution in [0.5, 0.6) is 0 Å². The normalized spacial score (nSPS) is 11.4. The lowest BCUT2D eigenvalue weighted by Crippen LogP contribution is -3.00. The molecular formula is C72H149BrN-. The molecule has 450 valence electrons. The lowest BCUT2D eigenvalue weighted by atomic mass is 10.0. The second kappa shape index (κ2) is 77.7. The summed E-state index contributed by atoms with van der Waals surface area (Å²) in [6, 6.07) is 0. The smallest absolute Gasteiger partial charge is 0.00187 e. The van der Waals surface area contributed by atoms with Gasteiger partial charge in [-0.3, -0.25) is 0 Å². The van der Waals surface area contributed by atoms with Crippen molar-refractivity contribution in [2.24, 2.45) is 0 Å². The van der Waals surface area contributed by atoms with Crippen molar-refractivity contribution in [3.63, 3.8) is 0 Å². The summed E-state index contributed by atoms with van der Waals surface area (Å²) in [5.74, 6) is 0. The van der Waals surface area contributed by atoms with Crippen molar-refractivity contribution in [2.75, 3.05) is 19.6 Å². The first kappa shape index (κ1) is 78.7. The number of nitrogens with zero attached hydrogens (tertiary/aromatic N) is 1. The lowest BCUT2D eigenvalue weighted by Gasteiger charge is -2.22. The predicted octanol–water partition coefficient (Wildman–Crippen LogP) is 24.3. The van der Waals surface area contributed by atoms with E-state index < -0.39 is 0 Å². The zero-order chi connectivity index (χ0) is 53.0. The molecule has 0 rings (SSSR count). The number of rotatable bonds is 66. The predicted molar refractivity (Wildman–Crippen MR) is 340 cm³/mol. The van der Waals surface area contributed by atoms with E-state index in [1.54, 1.807) is 0 Å². The van der Waals surface area contributed by atoms with Crippen molar-refractivity contribution in [3.8, 4) is 0 Å². The van der Waals surface area contributed by atoms with Gasteiger partial charge in [0, 0.05) is 0 Å². The van der Waals surface area contributed by atoms with Crippen LogP contribution >= 0.6 is 0 Å². The number of halogens is 1. The summed E-state index contributed by atoms with van der Waals surface area (Å²) >= 11 is 0. The third-order valence-corrected chi connectivity index (χ3v) is 16.9. The van der Waals surface area contributed by atoms with Crippen LogP contribution in [0.15, 0.2) is 0 Å². The average Bonchev–Trinajstić information content (AvgIpc) is 3.40. The Balaban J connectivity index is -0.00000223. The summed E-state index contributed by atoms with van der Waals surface area (Å²) in [4.78, 5) is 2.89. The molecule has 0 saturated heterocycles. The van der Waals surface area contributed by atoms with E-state index in [4.69, 9.17) is 0 Å². The Morgan fingerprint density at radius 2 is 0.203 bits per heavy atom. The molecule has 0 atom stereocenters. The van der Waals surface area contributed by atoms with Crippen molar-refractivity contribution in [1.82, 2.24) is 4.90 Å². The third-order valence-electron chi connectivity index (χ3n) is 16.9. The van der Waals surface area contributed by atoms with Crippen LogP contribution in [0.1, 0.15) is 446 Å². The standard InChI is InChI=1S/C54H111N.C18H38.BrH/c1-4-7-10-13-16-19-22-25-28-31-34-37-40-43-46-49-52-55(53-50-47-44-41-38-35-32-29-26-23-20-17-14-11-8-5-2)54-51-48-45-42-39-36-33-30-27-24-21-18-15-12-9-6-3;1-3-5-7-9-11-13-15-17-18-16-14-12-10-8-6-4-2;/h4-54H2,1-3H3;3-18H2,1-2H3;1H/p-1. The second-order valence-electron chi connectivity index (χ2n) is 24.7. The highest BCUT2D eigenvalue weighted by atomic mass is 79.9. The van der Waals surface area contributed by atoms with Gasteiger partial charge < -0.3 is 21.9 Å². The maximum atomic E-state index is 2.89. The SMILES string of the molecule is CCCCCCCCCCCCCCCCCC.CCCCCCCCCCCCCCCCCCN(CCCCCCCCCCCCCCCCCC)CCCCCCCCCCCCCCCCCC.[Br-]. The number of hydrogen-bond donors (Lipinski definition) is 0. The Hall–Kier alpha value is 0.440. The largest absolute Gasteiger partial charge is 1.00 e. The highest BCUT2D eigenvalue weighted by Crippen LogP contribution is 2.19. The van der Waals surface area contributed by atoms with Crippen LogP contribution in [-0.2, 0) is 0 Å². The molecular weight excluding hydrogens is 959 g/mol. The minimum atomic E-state index is 0. The molecule has 0 fully saturated rings. The summed E-state index contributed by atoms with van der Waals surface area (Å²) < 4.78 is 0. The van der Waals surface area contributed by atoms with Gasteiger partial charge in [0.25, 0.3) is 0 Å². The first-order valence-electron chi connectivity index (χ1n) is 36.0. The summed E-state index contributed by atoms with van der Waals surface area (Å²) in [5.41, 5.74) is 0. The van der Waals surface area contributed by atoms with E-state index in [-0.39, 0.29) is 17.0 Å². The fourth-order valence-electron chi connectivity index (χ4n) is 11.6. The highest BCUT2D eigenvalue weighted by Gasteiger charge is 2.06. The number of unbranched alkanes of at least 4 members (excludes halogenated alkanes) is 60. The highest BCUT2D eigenvalue weighted by molar-refractivity contribution is 4.62. The quantitative estimate of drug-likeness (QED) is 0.0549. The van der Waals surface area contributed by atoms with Crippen LogP contribution in [0.2, 0.25) is 0 Å². The van der Waals surface area contributed by atoms with Gasteiger partial charge in [0.2, 0.25) is 0 Å². The van der Waals surface area contributed by atoms with Crippen molar-refractivity contribution < 1.29 is 17.0 Å². The molecule has 2 heteroatoms. The Morgan fingerprint density at radius 3 is 0.297 bits per heavy atom. The van der Waals surface area contributed by atoms with Crippen LogP contribution in [0.3, 0.4) is 0 Å². The van der Waals surface area contributed by atoms with E-state index in [2.05, 4.69) is 39.5 Å². The fourth-order valence-corrected chi connectivity index (χ4v) is 11.6. The van der Waals surface area contributed by atoms with Gasteiger partial charge in [-0.2, -0.15) is 0 Å². The molecule has 0 unspecified atom stereocenters. The third kappa shape index (κ3) is 76.7. The van der Waals surface area contributed by atoms with E-state index in [1.165, 1.54) is 431 Å². The van der Waals surface area contributed by atoms with Gasteiger partial charge in [-0.1, -0.05) is 426 Å². The molecule has 74 heavy (non-hydrogen) atoms. The average molecular weight is 1110 g/mol. The molecule has 0 amide bonds. The Kier molecular flexibility index (Phi) is 82.6. The molecule has 0 bridgehead atoms. The summed E-state index contributed by atoms with van der Waals surface area (Å²) in [5, 5.41) is 0. The minimum absolute atomic E-state index is 0. The van der Waals surface area contributed by atoms with Gasteiger partial charge >= 0.3 is 0 Å². The van der Waals surface area contributed by atoms with Gasteiger partial charge in [0.05, 0.1) is 0 Å². The van der Waals surface area contributed by atoms with Crippen LogP contribution in [0.25, 0.3) is 0 Å². The first-order valence-corrected chi connectivity index (χ1v) is 36.0. The topological polar surface area (TPSA) is 3.24 Å². The van der Waals surface area contributed by atoms with E-state index in [0.29, 0.717) is 0 Å². The van der Waals surface area contributed by atoms with Crippen molar-refractivity contribution in [2.45, 2.75) is 446 Å². The zero-order valence-corrected chi connectivity index (χ0v) is 54.8. The van der Waals surface area contributed by atoms with E-state index in [0.717, 1.165) is 0 Å². The molecule has 0 aromatic heterocycles. The molecule has 0 N–H and O–H groups in total. The Morgan fingerprint density at radius 1 is 0.122 bits per heavy atom. The Bertz CT molecular complexity index is 772. The van der Waals surface area contributed by atoms with Crippen LogP contribution < -0.4 is 17.0 Å². The van der Waals surface area contributed by atoms with Gasteiger partial charge in [0.15, 0.2) is 0 Å². The van der Waals surface area contributed by atoms with Crippen LogP contribution in [0, 0.1) is 0 Å². The molecule has 0 aromatic rings. The molecule has 0 aliphatic heterocycles. The molecule has 0 saturated carbocycles. The first-order chi connectivity index (χ1) is 36.3. The monoisotopic (exact) mass is 1110 g/mol. The molecule has 1 nitrogen and oxygen atoms in total. The lowest BCUT2D eigenvalue weighted by molar-refractivity contribution is -0.0000163. The van der Waals surface area contributed by atoms with Gasteiger partial charge in [-0.25, -0.2) is 0 Å². The van der Waals surface area contributed by atoms with Crippen LogP contribution in [0.4, 0.5) is 0 Å². The van der Waals surface area contributed by atoms with Crippen molar-refractivity contribution in [1.29, 1.82) is 0 Å². The van der Waals surface area contributed by atoms with E-state index in [9.17, 15) is 0 Å². The molecule has 0 spiro atoms. The van der Waals surface area contributed by atoms with Gasteiger partial charge in [-0.05, 0) is 38.9 Å². The van der Waals surface area contributed by atoms with E-state index in [1.807, 2.05) is 0 Å². The maximum absolute atomic E-state index is 2.89. The Labute approximate surface area is 484 Å². The van der Waals surface area contributed by atoms with Crippen molar-refractivity contribution in [3.05, 3.63) is 0 Å². The molecule has 0 radical (unpaired) electrons. The van der Waals surface area contributed by atoms with Gasteiger partial charge in [0.1, 0.15) is 0 Å². The fraction of sp³-hybridized carbons (Fsp3) is 1.00. The van der Waals surface area contributed by atoms with Gasteiger partial charge in [-0.15, -0.1) is 0 Å².